The molecule has 2 aromatic rings. The van der Waals surface area contributed by atoms with E-state index in [1.54, 1.807) is 35.2 Å². The highest BCUT2D eigenvalue weighted by atomic mass is 35.5. The third-order valence-corrected chi connectivity index (χ3v) is 6.30. The Morgan fingerprint density at radius 3 is 2.42 bits per heavy atom. The van der Waals surface area contributed by atoms with Crippen LogP contribution in [0.1, 0.15) is 50.2 Å². The van der Waals surface area contributed by atoms with Gasteiger partial charge in [0.2, 0.25) is 11.8 Å². The molecule has 1 atom stereocenters. The first-order valence-corrected chi connectivity index (χ1v) is 11.4. The van der Waals surface area contributed by atoms with E-state index in [1.165, 1.54) is 12.1 Å². The minimum Gasteiger partial charge on any atom is -0.352 e. The van der Waals surface area contributed by atoms with E-state index in [-0.39, 0.29) is 36.6 Å². The van der Waals surface area contributed by atoms with E-state index in [9.17, 15) is 14.0 Å². The average Bonchev–Trinajstić information content (AvgIpc) is 3.24. The highest BCUT2D eigenvalue weighted by Crippen LogP contribution is 2.24. The van der Waals surface area contributed by atoms with E-state index >= 15 is 0 Å². The van der Waals surface area contributed by atoms with Gasteiger partial charge in [-0.15, -0.1) is 0 Å². The molecule has 0 saturated heterocycles. The SMILES string of the molecule is CCC(C(=O)NC1CCCC1)N(Cc1ccc(F)cc1)C(=O)Cc1ccc(Cl)cc1Cl. The highest BCUT2D eigenvalue weighted by Gasteiger charge is 2.30. The maximum Gasteiger partial charge on any atom is 0.243 e. The molecule has 0 spiro atoms. The summed E-state index contributed by atoms with van der Waals surface area (Å²) >= 11 is 12.2. The first kappa shape index (κ1) is 23.6. The van der Waals surface area contributed by atoms with Gasteiger partial charge in [-0.3, -0.25) is 9.59 Å². The van der Waals surface area contributed by atoms with Crippen molar-refractivity contribution in [2.75, 3.05) is 0 Å². The van der Waals surface area contributed by atoms with Crippen LogP contribution in [0.5, 0.6) is 0 Å². The van der Waals surface area contributed by atoms with Crippen LogP contribution >= 0.6 is 23.2 Å². The number of nitrogens with one attached hydrogen (secondary N) is 1. The summed E-state index contributed by atoms with van der Waals surface area (Å²) in [6.45, 7) is 2.10. The number of carbonyl (C=O) groups is 2. The van der Waals surface area contributed by atoms with Gasteiger partial charge in [-0.25, -0.2) is 4.39 Å². The zero-order valence-electron chi connectivity index (χ0n) is 17.5. The number of rotatable bonds is 8. The summed E-state index contributed by atoms with van der Waals surface area (Å²) in [4.78, 5) is 28.0. The maximum atomic E-state index is 13.4. The quantitative estimate of drug-likeness (QED) is 0.557. The predicted molar refractivity (Wildman–Crippen MR) is 122 cm³/mol. The number of amides is 2. The van der Waals surface area contributed by atoms with E-state index in [4.69, 9.17) is 23.2 Å². The molecule has 0 bridgehead atoms. The van der Waals surface area contributed by atoms with Gasteiger partial charge in [-0.05, 0) is 54.7 Å². The fraction of sp³-hybridized carbons (Fsp3) is 0.417. The van der Waals surface area contributed by atoms with Gasteiger partial charge in [0.15, 0.2) is 0 Å². The number of benzene rings is 2. The van der Waals surface area contributed by atoms with E-state index < -0.39 is 6.04 Å². The van der Waals surface area contributed by atoms with Crippen LogP contribution in [-0.2, 0) is 22.6 Å². The van der Waals surface area contributed by atoms with Crippen LogP contribution in [0.4, 0.5) is 4.39 Å². The smallest absolute Gasteiger partial charge is 0.243 e. The molecule has 1 saturated carbocycles. The number of hydrogen-bond donors (Lipinski definition) is 1. The summed E-state index contributed by atoms with van der Waals surface area (Å²) in [5.74, 6) is -0.713. The molecule has 1 unspecified atom stereocenters. The van der Waals surface area contributed by atoms with Crippen molar-refractivity contribution in [1.29, 1.82) is 0 Å². The fourth-order valence-corrected chi connectivity index (χ4v) is 4.48. The largest absolute Gasteiger partial charge is 0.352 e. The Balaban J connectivity index is 1.83. The van der Waals surface area contributed by atoms with Crippen molar-refractivity contribution < 1.29 is 14.0 Å². The van der Waals surface area contributed by atoms with Gasteiger partial charge in [0.25, 0.3) is 0 Å². The molecule has 31 heavy (non-hydrogen) atoms. The second-order valence-corrected chi connectivity index (χ2v) is 8.82. The van der Waals surface area contributed by atoms with Gasteiger partial charge >= 0.3 is 0 Å². The zero-order valence-corrected chi connectivity index (χ0v) is 19.1. The van der Waals surface area contributed by atoms with Crippen molar-refractivity contribution in [3.05, 3.63) is 69.5 Å². The third-order valence-electron chi connectivity index (χ3n) is 5.71. The molecule has 1 fully saturated rings. The first-order valence-electron chi connectivity index (χ1n) is 10.7. The van der Waals surface area contributed by atoms with Crippen molar-refractivity contribution >= 4 is 35.0 Å². The molecule has 0 heterocycles. The topological polar surface area (TPSA) is 49.4 Å². The molecule has 7 heteroatoms. The van der Waals surface area contributed by atoms with Crippen LogP contribution in [-0.4, -0.2) is 28.8 Å². The van der Waals surface area contributed by atoms with Crippen molar-refractivity contribution in [2.24, 2.45) is 0 Å². The molecular formula is C24H27Cl2FN2O2. The molecule has 0 radical (unpaired) electrons. The number of nitrogens with zero attached hydrogens (tertiary/aromatic N) is 1. The van der Waals surface area contributed by atoms with Gasteiger partial charge < -0.3 is 10.2 Å². The molecule has 1 N–H and O–H groups in total. The van der Waals surface area contributed by atoms with Gasteiger partial charge in [-0.1, -0.05) is 61.2 Å². The van der Waals surface area contributed by atoms with E-state index in [0.29, 0.717) is 22.0 Å². The average molecular weight is 465 g/mol. The Kier molecular flexibility index (Phi) is 8.33. The predicted octanol–water partition coefficient (Wildman–Crippen LogP) is 5.54. The number of hydrogen-bond acceptors (Lipinski definition) is 2. The molecule has 1 aliphatic carbocycles. The molecule has 2 aromatic carbocycles. The minimum absolute atomic E-state index is 0.0460. The van der Waals surface area contributed by atoms with Crippen LogP contribution in [0.2, 0.25) is 10.0 Å². The lowest BCUT2D eigenvalue weighted by Gasteiger charge is -2.31. The summed E-state index contributed by atoms with van der Waals surface area (Å²) in [6, 6.07) is 10.5. The van der Waals surface area contributed by atoms with E-state index in [1.807, 2.05) is 6.92 Å². The summed E-state index contributed by atoms with van der Waals surface area (Å²) in [5, 5.41) is 4.01. The Morgan fingerprint density at radius 2 is 1.81 bits per heavy atom. The Labute approximate surface area is 192 Å². The van der Waals surface area contributed by atoms with Crippen molar-refractivity contribution in [2.45, 2.75) is 64.1 Å². The summed E-state index contributed by atoms with van der Waals surface area (Å²) in [7, 11) is 0. The maximum absolute atomic E-state index is 13.4. The molecular weight excluding hydrogens is 438 g/mol. The summed E-state index contributed by atoms with van der Waals surface area (Å²) in [5.41, 5.74) is 1.40. The molecule has 2 amide bonds. The van der Waals surface area contributed by atoms with Gasteiger partial charge in [-0.2, -0.15) is 0 Å². The Morgan fingerprint density at radius 1 is 1.13 bits per heavy atom. The monoisotopic (exact) mass is 464 g/mol. The second-order valence-electron chi connectivity index (χ2n) is 7.97. The molecule has 166 valence electrons. The molecule has 4 nitrogen and oxygen atoms in total. The van der Waals surface area contributed by atoms with Gasteiger partial charge in [0.05, 0.1) is 6.42 Å². The minimum atomic E-state index is -0.621. The van der Waals surface area contributed by atoms with Crippen LogP contribution < -0.4 is 5.32 Å². The fourth-order valence-electron chi connectivity index (χ4n) is 4.00. The molecule has 3 rings (SSSR count). The van der Waals surface area contributed by atoms with Crippen molar-refractivity contribution in [3.63, 3.8) is 0 Å². The lowest BCUT2D eigenvalue weighted by molar-refractivity contribution is -0.141. The van der Waals surface area contributed by atoms with Gasteiger partial charge in [0, 0.05) is 22.6 Å². The first-order chi connectivity index (χ1) is 14.9. The zero-order chi connectivity index (χ0) is 22.4. The van der Waals surface area contributed by atoms with Gasteiger partial charge in [0.1, 0.15) is 11.9 Å². The number of carbonyl (C=O) groups excluding carboxylic acids is 2. The summed E-state index contributed by atoms with van der Waals surface area (Å²) in [6.07, 6.45) is 4.66. The third kappa shape index (κ3) is 6.44. The van der Waals surface area contributed by atoms with E-state index in [0.717, 1.165) is 31.2 Å². The molecule has 0 aliphatic heterocycles. The molecule has 0 aromatic heterocycles. The second kappa shape index (κ2) is 11.0. The lowest BCUT2D eigenvalue weighted by Crippen LogP contribution is -2.51. The summed E-state index contributed by atoms with van der Waals surface area (Å²) < 4.78 is 13.4. The number of halogens is 3. The van der Waals surface area contributed by atoms with Crippen LogP contribution in [0, 0.1) is 5.82 Å². The van der Waals surface area contributed by atoms with Crippen LogP contribution in [0.3, 0.4) is 0 Å². The standard InChI is InChI=1S/C24H27Cl2FN2O2/c1-2-22(24(31)28-20-5-3-4-6-20)29(15-16-7-11-19(27)12-8-16)23(30)13-17-9-10-18(25)14-21(17)26/h7-12,14,20,22H,2-6,13,15H2,1H3,(H,28,31). The van der Waals surface area contributed by atoms with Crippen molar-refractivity contribution in [3.8, 4) is 0 Å². The molecule has 1 aliphatic rings. The van der Waals surface area contributed by atoms with E-state index in [2.05, 4.69) is 5.32 Å². The lowest BCUT2D eigenvalue weighted by atomic mass is 10.1. The Bertz CT molecular complexity index is 914. The normalized spacial score (nSPS) is 15.0. The van der Waals surface area contributed by atoms with Crippen LogP contribution in [0.25, 0.3) is 0 Å². The van der Waals surface area contributed by atoms with Crippen molar-refractivity contribution in [1.82, 2.24) is 10.2 Å². The Hall–Kier alpha value is -2.11. The highest BCUT2D eigenvalue weighted by molar-refractivity contribution is 6.35. The van der Waals surface area contributed by atoms with Crippen LogP contribution in [0.15, 0.2) is 42.5 Å².